The van der Waals surface area contributed by atoms with Crippen LogP contribution >= 0.6 is 0 Å². The van der Waals surface area contributed by atoms with E-state index in [1.807, 2.05) is 0 Å². The Morgan fingerprint density at radius 2 is 1.94 bits per heavy atom. The maximum absolute atomic E-state index is 11.4. The lowest BCUT2D eigenvalue weighted by Crippen LogP contribution is -2.15. The van der Waals surface area contributed by atoms with Gasteiger partial charge in [-0.15, -0.1) is 0 Å². The maximum Gasteiger partial charge on any atom is 0.305 e. The van der Waals surface area contributed by atoms with Crippen molar-refractivity contribution in [1.29, 1.82) is 0 Å². The van der Waals surface area contributed by atoms with E-state index in [1.54, 1.807) is 0 Å². The zero-order chi connectivity index (χ0) is 12.8. The SMILES string of the molecule is COC(=O)C[C@H]1CCC[C@@H]1CCc1ccccc1. The monoisotopic (exact) mass is 246 g/mol. The Bertz CT molecular complexity index is 372. The zero-order valence-electron chi connectivity index (χ0n) is 11.1. The second-order valence-electron chi connectivity index (χ2n) is 5.26. The fourth-order valence-electron chi connectivity index (χ4n) is 3.06. The lowest BCUT2D eigenvalue weighted by Gasteiger charge is -2.18. The van der Waals surface area contributed by atoms with E-state index in [0.29, 0.717) is 18.3 Å². The summed E-state index contributed by atoms with van der Waals surface area (Å²) in [4.78, 5) is 11.4. The van der Waals surface area contributed by atoms with Crippen LogP contribution in [0.25, 0.3) is 0 Å². The Kier molecular flexibility index (Phi) is 4.80. The van der Waals surface area contributed by atoms with E-state index in [4.69, 9.17) is 4.74 Å². The molecule has 1 aliphatic carbocycles. The quantitative estimate of drug-likeness (QED) is 0.742. The highest BCUT2D eigenvalue weighted by molar-refractivity contribution is 5.69. The molecule has 2 nitrogen and oxygen atoms in total. The van der Waals surface area contributed by atoms with E-state index in [-0.39, 0.29) is 5.97 Å². The third-order valence-corrected chi connectivity index (χ3v) is 4.12. The van der Waals surface area contributed by atoms with Gasteiger partial charge >= 0.3 is 5.97 Å². The molecule has 1 aromatic rings. The minimum absolute atomic E-state index is 0.0494. The highest BCUT2D eigenvalue weighted by Crippen LogP contribution is 2.37. The normalized spacial score (nSPS) is 22.9. The highest BCUT2D eigenvalue weighted by atomic mass is 16.5. The summed E-state index contributed by atoms with van der Waals surface area (Å²) < 4.78 is 4.78. The highest BCUT2D eigenvalue weighted by Gasteiger charge is 2.28. The van der Waals surface area contributed by atoms with Gasteiger partial charge < -0.3 is 4.74 Å². The summed E-state index contributed by atoms with van der Waals surface area (Å²) in [6.07, 6.45) is 6.66. The molecule has 1 fully saturated rings. The second kappa shape index (κ2) is 6.58. The van der Waals surface area contributed by atoms with Crippen molar-refractivity contribution in [2.24, 2.45) is 11.8 Å². The maximum atomic E-state index is 11.4. The lowest BCUT2D eigenvalue weighted by atomic mass is 9.88. The fourth-order valence-corrected chi connectivity index (χ4v) is 3.06. The number of esters is 1. The van der Waals surface area contributed by atoms with Crippen LogP contribution in [0.1, 0.15) is 37.7 Å². The molecule has 0 heterocycles. The molecule has 2 heteroatoms. The van der Waals surface area contributed by atoms with Crippen molar-refractivity contribution >= 4 is 5.97 Å². The van der Waals surface area contributed by atoms with Crippen molar-refractivity contribution in [3.63, 3.8) is 0 Å². The van der Waals surface area contributed by atoms with Gasteiger partial charge in [-0.1, -0.05) is 43.2 Å². The van der Waals surface area contributed by atoms with Crippen molar-refractivity contribution in [3.05, 3.63) is 35.9 Å². The third kappa shape index (κ3) is 3.59. The van der Waals surface area contributed by atoms with Crippen LogP contribution in [0.5, 0.6) is 0 Å². The number of hydrogen-bond acceptors (Lipinski definition) is 2. The molecule has 2 rings (SSSR count). The average Bonchev–Trinajstić information content (AvgIpc) is 2.84. The van der Waals surface area contributed by atoms with Crippen LogP contribution in [-0.2, 0) is 16.0 Å². The van der Waals surface area contributed by atoms with E-state index >= 15 is 0 Å². The Hall–Kier alpha value is -1.31. The van der Waals surface area contributed by atoms with Gasteiger partial charge in [-0.05, 0) is 36.7 Å². The van der Waals surface area contributed by atoms with Gasteiger partial charge in [0, 0.05) is 6.42 Å². The summed E-state index contributed by atoms with van der Waals surface area (Å²) in [5, 5.41) is 0. The topological polar surface area (TPSA) is 26.3 Å². The molecule has 0 N–H and O–H groups in total. The number of hydrogen-bond donors (Lipinski definition) is 0. The van der Waals surface area contributed by atoms with E-state index in [1.165, 1.54) is 38.4 Å². The molecular formula is C16H22O2. The predicted octanol–water partition coefficient (Wildman–Crippen LogP) is 3.60. The van der Waals surface area contributed by atoms with Crippen LogP contribution in [0.4, 0.5) is 0 Å². The Balaban J connectivity index is 1.83. The van der Waals surface area contributed by atoms with Gasteiger partial charge in [0.2, 0.25) is 0 Å². The van der Waals surface area contributed by atoms with Crippen LogP contribution in [0.15, 0.2) is 30.3 Å². The molecule has 0 aromatic heterocycles. The first-order valence-electron chi connectivity index (χ1n) is 6.90. The second-order valence-corrected chi connectivity index (χ2v) is 5.26. The van der Waals surface area contributed by atoms with Crippen LogP contribution in [0.3, 0.4) is 0 Å². The molecule has 1 aromatic carbocycles. The molecule has 1 saturated carbocycles. The summed E-state index contributed by atoms with van der Waals surface area (Å²) in [7, 11) is 1.48. The largest absolute Gasteiger partial charge is 0.469 e. The molecule has 18 heavy (non-hydrogen) atoms. The van der Waals surface area contributed by atoms with Gasteiger partial charge in [0.05, 0.1) is 7.11 Å². The molecule has 2 atom stereocenters. The fraction of sp³-hybridized carbons (Fsp3) is 0.562. The molecule has 0 saturated heterocycles. The molecule has 0 bridgehead atoms. The van der Waals surface area contributed by atoms with Crippen molar-refractivity contribution < 1.29 is 9.53 Å². The molecule has 0 unspecified atom stereocenters. The molecule has 1 aliphatic rings. The summed E-state index contributed by atoms with van der Waals surface area (Å²) in [6.45, 7) is 0. The summed E-state index contributed by atoms with van der Waals surface area (Å²) in [6, 6.07) is 10.6. The van der Waals surface area contributed by atoms with Crippen LogP contribution in [0.2, 0.25) is 0 Å². The van der Waals surface area contributed by atoms with Gasteiger partial charge in [-0.3, -0.25) is 4.79 Å². The minimum Gasteiger partial charge on any atom is -0.469 e. The molecule has 0 aliphatic heterocycles. The first-order chi connectivity index (χ1) is 8.79. The first kappa shape index (κ1) is 13.1. The van der Waals surface area contributed by atoms with E-state index < -0.39 is 0 Å². The molecule has 0 radical (unpaired) electrons. The number of benzene rings is 1. The van der Waals surface area contributed by atoms with Crippen molar-refractivity contribution in [2.75, 3.05) is 7.11 Å². The molecule has 0 spiro atoms. The van der Waals surface area contributed by atoms with Gasteiger partial charge in [0.1, 0.15) is 0 Å². The third-order valence-electron chi connectivity index (χ3n) is 4.12. The van der Waals surface area contributed by atoms with Gasteiger partial charge in [0.25, 0.3) is 0 Å². The smallest absolute Gasteiger partial charge is 0.305 e. The summed E-state index contributed by atoms with van der Waals surface area (Å²) in [5.41, 5.74) is 1.40. The summed E-state index contributed by atoms with van der Waals surface area (Å²) >= 11 is 0. The molecule has 0 amide bonds. The Morgan fingerprint density at radius 1 is 1.22 bits per heavy atom. The standard InChI is InChI=1S/C16H22O2/c1-18-16(17)12-15-9-5-8-14(15)11-10-13-6-3-2-4-7-13/h2-4,6-7,14-15H,5,8-12H2,1H3/t14-,15-/m1/s1. The molecule has 98 valence electrons. The van der Waals surface area contributed by atoms with Gasteiger partial charge in [-0.25, -0.2) is 0 Å². The lowest BCUT2D eigenvalue weighted by molar-refractivity contribution is -0.142. The Labute approximate surface area is 109 Å². The van der Waals surface area contributed by atoms with Crippen LogP contribution in [0, 0.1) is 11.8 Å². The molecular weight excluding hydrogens is 224 g/mol. The summed E-state index contributed by atoms with van der Waals surface area (Å²) in [5.74, 6) is 1.19. The number of rotatable bonds is 5. The van der Waals surface area contributed by atoms with E-state index in [0.717, 1.165) is 6.42 Å². The Morgan fingerprint density at radius 3 is 2.67 bits per heavy atom. The van der Waals surface area contributed by atoms with Crippen molar-refractivity contribution in [2.45, 2.75) is 38.5 Å². The van der Waals surface area contributed by atoms with Crippen LogP contribution < -0.4 is 0 Å². The van der Waals surface area contributed by atoms with Crippen molar-refractivity contribution in [1.82, 2.24) is 0 Å². The van der Waals surface area contributed by atoms with E-state index in [9.17, 15) is 4.79 Å². The van der Waals surface area contributed by atoms with Crippen molar-refractivity contribution in [3.8, 4) is 0 Å². The zero-order valence-corrected chi connectivity index (χ0v) is 11.1. The predicted molar refractivity (Wildman–Crippen MR) is 72.2 cm³/mol. The number of carbonyl (C=O) groups is 1. The van der Waals surface area contributed by atoms with Crippen LogP contribution in [-0.4, -0.2) is 13.1 Å². The number of ether oxygens (including phenoxy) is 1. The number of aryl methyl sites for hydroxylation is 1. The van der Waals surface area contributed by atoms with Gasteiger partial charge in [-0.2, -0.15) is 0 Å². The first-order valence-corrected chi connectivity index (χ1v) is 6.90. The average molecular weight is 246 g/mol. The van der Waals surface area contributed by atoms with E-state index in [2.05, 4.69) is 30.3 Å². The number of carbonyl (C=O) groups excluding carboxylic acids is 1. The minimum atomic E-state index is -0.0494. The number of methoxy groups -OCH3 is 1. The van der Waals surface area contributed by atoms with Gasteiger partial charge in [0.15, 0.2) is 0 Å².